The highest BCUT2D eigenvalue weighted by Gasteiger charge is 2.10. The lowest BCUT2D eigenvalue weighted by molar-refractivity contribution is -0.130. The van der Waals surface area contributed by atoms with Gasteiger partial charge in [0.25, 0.3) is 0 Å². The van der Waals surface area contributed by atoms with Crippen LogP contribution in [0.4, 0.5) is 11.9 Å². The molecular formula is C13H24N6O2. The fourth-order valence-electron chi connectivity index (χ4n) is 1.76. The summed E-state index contributed by atoms with van der Waals surface area (Å²) in [6.07, 6.45) is 0.395. The second-order valence-corrected chi connectivity index (χ2v) is 4.19. The Morgan fingerprint density at radius 3 is 2.38 bits per heavy atom. The van der Waals surface area contributed by atoms with Gasteiger partial charge in [0.1, 0.15) is 0 Å². The lowest BCUT2D eigenvalue weighted by atomic mass is 10.3. The van der Waals surface area contributed by atoms with Crippen LogP contribution in [0, 0.1) is 0 Å². The Bertz CT molecular complexity index is 450. The normalized spacial score (nSPS) is 10.1. The molecule has 0 radical (unpaired) electrons. The van der Waals surface area contributed by atoms with Gasteiger partial charge in [0.2, 0.25) is 17.8 Å². The van der Waals surface area contributed by atoms with Crippen molar-refractivity contribution < 1.29 is 9.53 Å². The lowest BCUT2D eigenvalue weighted by Crippen LogP contribution is -2.31. The summed E-state index contributed by atoms with van der Waals surface area (Å²) in [6, 6.07) is 0.259. The van der Waals surface area contributed by atoms with Crippen LogP contribution in [0.5, 0.6) is 6.01 Å². The first-order valence-electron chi connectivity index (χ1n) is 7.22. The maximum absolute atomic E-state index is 11.9. The first-order valence-corrected chi connectivity index (χ1v) is 7.22. The van der Waals surface area contributed by atoms with E-state index in [0.717, 1.165) is 13.1 Å². The molecule has 0 unspecified atom stereocenters. The zero-order valence-electron chi connectivity index (χ0n) is 13.1. The molecule has 0 aliphatic carbocycles. The third-order valence-electron chi connectivity index (χ3n) is 2.85. The number of aromatic nitrogens is 3. The van der Waals surface area contributed by atoms with E-state index in [-0.39, 0.29) is 11.9 Å². The minimum atomic E-state index is 0.112. The Balaban J connectivity index is 2.58. The van der Waals surface area contributed by atoms with Crippen molar-refractivity contribution >= 4 is 17.8 Å². The third-order valence-corrected chi connectivity index (χ3v) is 2.85. The highest BCUT2D eigenvalue weighted by Crippen LogP contribution is 2.10. The molecule has 1 aromatic rings. The molecule has 0 fully saturated rings. The molecule has 0 saturated heterocycles. The van der Waals surface area contributed by atoms with E-state index in [0.29, 0.717) is 31.5 Å². The van der Waals surface area contributed by atoms with Crippen LogP contribution < -0.4 is 15.4 Å². The summed E-state index contributed by atoms with van der Waals surface area (Å²) in [5.41, 5.74) is 0. The summed E-state index contributed by atoms with van der Waals surface area (Å²) in [6.45, 7) is 8.18. The van der Waals surface area contributed by atoms with Gasteiger partial charge in [-0.25, -0.2) is 0 Å². The van der Waals surface area contributed by atoms with Gasteiger partial charge in [-0.15, -0.1) is 0 Å². The van der Waals surface area contributed by atoms with Crippen LogP contribution in [-0.2, 0) is 4.79 Å². The summed E-state index contributed by atoms with van der Waals surface area (Å²) >= 11 is 0. The molecule has 1 heterocycles. The number of nitrogens with one attached hydrogen (secondary N) is 2. The molecule has 0 bridgehead atoms. The quantitative estimate of drug-likeness (QED) is 0.701. The first kappa shape index (κ1) is 16.9. The maximum Gasteiger partial charge on any atom is 0.323 e. The van der Waals surface area contributed by atoms with Gasteiger partial charge < -0.3 is 20.3 Å². The Morgan fingerprint density at radius 1 is 1.14 bits per heavy atom. The van der Waals surface area contributed by atoms with Gasteiger partial charge in [-0.1, -0.05) is 0 Å². The Hall–Kier alpha value is -2.12. The van der Waals surface area contributed by atoms with Crippen molar-refractivity contribution in [2.75, 3.05) is 43.9 Å². The molecule has 1 amide bonds. The van der Waals surface area contributed by atoms with E-state index in [1.165, 1.54) is 0 Å². The Kier molecular flexibility index (Phi) is 7.20. The van der Waals surface area contributed by atoms with Crippen molar-refractivity contribution in [2.24, 2.45) is 0 Å². The number of anilines is 2. The second-order valence-electron chi connectivity index (χ2n) is 4.19. The van der Waals surface area contributed by atoms with Gasteiger partial charge in [-0.3, -0.25) is 4.79 Å². The molecular weight excluding hydrogens is 272 g/mol. The van der Waals surface area contributed by atoms with Crippen LogP contribution in [0.3, 0.4) is 0 Å². The predicted molar refractivity (Wildman–Crippen MR) is 81.6 cm³/mol. The van der Waals surface area contributed by atoms with E-state index in [4.69, 9.17) is 4.74 Å². The summed E-state index contributed by atoms with van der Waals surface area (Å²) in [7, 11) is 1.72. The van der Waals surface area contributed by atoms with Crippen molar-refractivity contribution in [1.29, 1.82) is 0 Å². The lowest BCUT2D eigenvalue weighted by Gasteiger charge is -2.18. The van der Waals surface area contributed by atoms with E-state index in [9.17, 15) is 4.79 Å². The minimum absolute atomic E-state index is 0.112. The van der Waals surface area contributed by atoms with Gasteiger partial charge in [0.05, 0.1) is 6.61 Å². The van der Waals surface area contributed by atoms with Crippen molar-refractivity contribution in [3.63, 3.8) is 0 Å². The number of hydrogen-bond donors (Lipinski definition) is 2. The smallest absolute Gasteiger partial charge is 0.323 e. The summed E-state index contributed by atoms with van der Waals surface area (Å²) in [4.78, 5) is 26.0. The molecule has 8 heteroatoms. The SMILES string of the molecule is CCOc1nc(NC)nc(NCCC(=O)N(CC)CC)n1. The fraction of sp³-hybridized carbons (Fsp3) is 0.692. The molecule has 1 rings (SSSR count). The van der Waals surface area contributed by atoms with Gasteiger partial charge in [0.15, 0.2) is 0 Å². The van der Waals surface area contributed by atoms with Crippen LogP contribution >= 0.6 is 0 Å². The van der Waals surface area contributed by atoms with Crippen molar-refractivity contribution in [3.05, 3.63) is 0 Å². The topological polar surface area (TPSA) is 92.3 Å². The molecule has 118 valence electrons. The molecule has 0 saturated carbocycles. The molecule has 0 aromatic carbocycles. The van der Waals surface area contributed by atoms with E-state index in [2.05, 4.69) is 25.6 Å². The number of carbonyl (C=O) groups excluding carboxylic acids is 1. The third kappa shape index (κ3) is 5.41. The van der Waals surface area contributed by atoms with Gasteiger partial charge in [-0.05, 0) is 20.8 Å². The number of nitrogens with zero attached hydrogens (tertiary/aromatic N) is 4. The van der Waals surface area contributed by atoms with E-state index in [1.54, 1.807) is 11.9 Å². The Morgan fingerprint density at radius 2 is 1.81 bits per heavy atom. The summed E-state index contributed by atoms with van der Waals surface area (Å²) in [5, 5.41) is 5.87. The van der Waals surface area contributed by atoms with E-state index >= 15 is 0 Å². The first-order chi connectivity index (χ1) is 10.1. The number of ether oxygens (including phenoxy) is 1. The largest absolute Gasteiger partial charge is 0.464 e. The van der Waals surface area contributed by atoms with Gasteiger partial charge >= 0.3 is 6.01 Å². The molecule has 8 nitrogen and oxygen atoms in total. The summed E-state index contributed by atoms with van der Waals surface area (Å²) < 4.78 is 5.27. The van der Waals surface area contributed by atoms with Crippen LogP contribution in [0.2, 0.25) is 0 Å². The zero-order chi connectivity index (χ0) is 15.7. The molecule has 1 aromatic heterocycles. The zero-order valence-corrected chi connectivity index (χ0v) is 13.1. The number of rotatable bonds is 9. The summed E-state index contributed by atoms with van der Waals surface area (Å²) in [5.74, 6) is 0.927. The van der Waals surface area contributed by atoms with Crippen molar-refractivity contribution in [3.8, 4) is 6.01 Å². The molecule has 21 heavy (non-hydrogen) atoms. The molecule has 0 aliphatic heterocycles. The van der Waals surface area contributed by atoms with Gasteiger partial charge in [0, 0.05) is 33.1 Å². The van der Waals surface area contributed by atoms with Crippen molar-refractivity contribution in [2.45, 2.75) is 27.2 Å². The van der Waals surface area contributed by atoms with Crippen LogP contribution in [0.15, 0.2) is 0 Å². The monoisotopic (exact) mass is 296 g/mol. The number of hydrogen-bond acceptors (Lipinski definition) is 7. The van der Waals surface area contributed by atoms with Gasteiger partial charge in [-0.2, -0.15) is 15.0 Å². The molecule has 0 spiro atoms. The molecule has 2 N–H and O–H groups in total. The average molecular weight is 296 g/mol. The maximum atomic E-state index is 11.9. The average Bonchev–Trinajstić information content (AvgIpc) is 2.48. The number of carbonyl (C=O) groups is 1. The highest BCUT2D eigenvalue weighted by molar-refractivity contribution is 5.76. The predicted octanol–water partition coefficient (Wildman–Crippen LogP) is 0.982. The van der Waals surface area contributed by atoms with Crippen LogP contribution in [-0.4, -0.2) is 59.0 Å². The highest BCUT2D eigenvalue weighted by atomic mass is 16.5. The molecule has 0 aliphatic rings. The molecule has 0 atom stereocenters. The standard InChI is InChI=1S/C13H24N6O2/c1-5-19(6-2)10(20)8-9-15-12-16-11(14-4)17-13(18-12)21-7-3/h5-9H2,1-4H3,(H2,14,15,16,17,18). The number of amides is 1. The van der Waals surface area contributed by atoms with Crippen molar-refractivity contribution in [1.82, 2.24) is 19.9 Å². The minimum Gasteiger partial charge on any atom is -0.464 e. The Labute approximate surface area is 125 Å². The van der Waals surface area contributed by atoms with E-state index < -0.39 is 0 Å². The van der Waals surface area contributed by atoms with E-state index in [1.807, 2.05) is 20.8 Å². The fourth-order valence-corrected chi connectivity index (χ4v) is 1.76. The van der Waals surface area contributed by atoms with Crippen LogP contribution in [0.25, 0.3) is 0 Å². The van der Waals surface area contributed by atoms with Crippen LogP contribution in [0.1, 0.15) is 27.2 Å². The second kappa shape index (κ2) is 8.93.